The number of ether oxygens (including phenoxy) is 1. The molecule has 1 unspecified atom stereocenters. The summed E-state index contributed by atoms with van der Waals surface area (Å²) in [4.78, 5) is 26.1. The summed E-state index contributed by atoms with van der Waals surface area (Å²) in [6, 6.07) is 16.2. The van der Waals surface area contributed by atoms with Gasteiger partial charge >= 0.3 is 5.97 Å². The van der Waals surface area contributed by atoms with E-state index in [0.717, 1.165) is 37.9 Å². The van der Waals surface area contributed by atoms with Crippen molar-refractivity contribution in [3.8, 4) is 5.75 Å². The van der Waals surface area contributed by atoms with E-state index in [1.165, 1.54) is 25.0 Å². The van der Waals surface area contributed by atoms with Crippen LogP contribution >= 0.6 is 0 Å². The van der Waals surface area contributed by atoms with Crippen LogP contribution in [-0.2, 0) is 16.0 Å². The molecule has 2 aromatic carbocycles. The zero-order valence-corrected chi connectivity index (χ0v) is 19.6. The van der Waals surface area contributed by atoms with Gasteiger partial charge in [0.15, 0.2) is 5.60 Å². The predicted molar refractivity (Wildman–Crippen MR) is 126 cm³/mol. The molecule has 5 heteroatoms. The van der Waals surface area contributed by atoms with Gasteiger partial charge in [0.05, 0.1) is 0 Å². The summed E-state index contributed by atoms with van der Waals surface area (Å²) in [5, 5.41) is 9.23. The topological polar surface area (TPSA) is 66.8 Å². The van der Waals surface area contributed by atoms with Crippen LogP contribution in [0.25, 0.3) is 0 Å². The first kappa shape index (κ1) is 23.8. The molecule has 172 valence electrons. The van der Waals surface area contributed by atoms with Crippen LogP contribution in [0.5, 0.6) is 5.75 Å². The minimum Gasteiger partial charge on any atom is -0.478 e. The minimum atomic E-state index is -1.27. The highest BCUT2D eigenvalue weighted by molar-refractivity contribution is 5.77. The summed E-state index contributed by atoms with van der Waals surface area (Å²) in [5.41, 5.74) is 2.41. The molecule has 0 aromatic heterocycles. The summed E-state index contributed by atoms with van der Waals surface area (Å²) in [6.45, 7) is 8.98. The minimum absolute atomic E-state index is 0.214. The highest BCUT2D eigenvalue weighted by Gasteiger charge is 2.29. The Bertz CT molecular complexity index is 916. The number of hydrogen-bond acceptors (Lipinski definition) is 3. The first-order valence-corrected chi connectivity index (χ1v) is 11.5. The van der Waals surface area contributed by atoms with Crippen molar-refractivity contribution >= 4 is 11.9 Å². The van der Waals surface area contributed by atoms with Gasteiger partial charge in [-0.25, -0.2) is 4.79 Å². The Balaban J connectivity index is 1.55. The largest absolute Gasteiger partial charge is 0.478 e. The lowest BCUT2D eigenvalue weighted by Gasteiger charge is -2.33. The second-order valence-corrected chi connectivity index (χ2v) is 9.56. The van der Waals surface area contributed by atoms with E-state index in [1.807, 2.05) is 29.2 Å². The summed E-state index contributed by atoms with van der Waals surface area (Å²) >= 11 is 0. The maximum atomic E-state index is 12.8. The molecule has 1 aliphatic rings. The first-order valence-electron chi connectivity index (χ1n) is 11.5. The highest BCUT2D eigenvalue weighted by Crippen LogP contribution is 2.29. The fourth-order valence-corrected chi connectivity index (χ4v) is 4.10. The van der Waals surface area contributed by atoms with Crippen LogP contribution in [0.15, 0.2) is 48.5 Å². The first-order chi connectivity index (χ1) is 15.2. The van der Waals surface area contributed by atoms with Crippen LogP contribution in [-0.4, -0.2) is 40.6 Å². The molecule has 1 saturated heterocycles. The van der Waals surface area contributed by atoms with Gasteiger partial charge in [-0.2, -0.15) is 0 Å². The Morgan fingerprint density at radius 3 is 2.34 bits per heavy atom. The second-order valence-electron chi connectivity index (χ2n) is 9.56. The van der Waals surface area contributed by atoms with Gasteiger partial charge in [-0.15, -0.1) is 0 Å². The van der Waals surface area contributed by atoms with E-state index in [2.05, 4.69) is 38.1 Å². The van der Waals surface area contributed by atoms with E-state index < -0.39 is 11.6 Å². The van der Waals surface area contributed by atoms with E-state index in [4.69, 9.17) is 4.74 Å². The molecule has 32 heavy (non-hydrogen) atoms. The summed E-state index contributed by atoms with van der Waals surface area (Å²) < 4.78 is 5.60. The van der Waals surface area contributed by atoms with Crippen LogP contribution in [0.2, 0.25) is 0 Å². The number of aliphatic carboxylic acids is 1. The fourth-order valence-electron chi connectivity index (χ4n) is 4.10. The average Bonchev–Trinajstić information content (AvgIpc) is 2.78. The number of likely N-dealkylation sites (tertiary alicyclic amines) is 1. The van der Waals surface area contributed by atoms with Crippen LogP contribution < -0.4 is 4.74 Å². The number of rotatable bonds is 8. The molecular formula is C27H35NO4. The molecule has 0 saturated carbocycles. The van der Waals surface area contributed by atoms with E-state index in [0.29, 0.717) is 24.0 Å². The normalized spacial score (nSPS) is 16.8. The molecule has 1 aliphatic heterocycles. The van der Waals surface area contributed by atoms with Crippen molar-refractivity contribution < 1.29 is 19.4 Å². The zero-order valence-electron chi connectivity index (χ0n) is 19.6. The van der Waals surface area contributed by atoms with E-state index >= 15 is 0 Å². The molecule has 1 heterocycles. The number of benzene rings is 2. The third kappa shape index (κ3) is 6.12. The van der Waals surface area contributed by atoms with E-state index in [9.17, 15) is 14.7 Å². The SMILES string of the molecule is CC(C)c1ccc(CCC(=O)N2CCCC(c3ccc(OC(C)(C)C(=O)O)cc3)C2)cc1. The maximum absolute atomic E-state index is 12.8. The lowest BCUT2D eigenvalue weighted by Crippen LogP contribution is -2.39. The molecule has 0 spiro atoms. The molecule has 1 atom stereocenters. The molecular weight excluding hydrogens is 402 g/mol. The molecule has 1 amide bonds. The maximum Gasteiger partial charge on any atom is 0.347 e. The van der Waals surface area contributed by atoms with Gasteiger partial charge < -0.3 is 14.7 Å². The van der Waals surface area contributed by atoms with Gasteiger partial charge in [-0.1, -0.05) is 50.2 Å². The van der Waals surface area contributed by atoms with Crippen LogP contribution in [0, 0.1) is 0 Å². The number of hydrogen-bond donors (Lipinski definition) is 1. The summed E-state index contributed by atoms with van der Waals surface area (Å²) in [6.07, 6.45) is 3.33. The lowest BCUT2D eigenvalue weighted by atomic mass is 9.90. The number of carboxylic acids is 1. The van der Waals surface area contributed by atoms with Gasteiger partial charge in [0.2, 0.25) is 5.91 Å². The van der Waals surface area contributed by atoms with Gasteiger partial charge in [0.25, 0.3) is 0 Å². The third-order valence-electron chi connectivity index (χ3n) is 6.29. The van der Waals surface area contributed by atoms with Gasteiger partial charge in [-0.05, 0) is 67.9 Å². The Kier molecular flexibility index (Phi) is 7.60. The monoisotopic (exact) mass is 437 g/mol. The van der Waals surface area contributed by atoms with Crippen LogP contribution in [0.4, 0.5) is 0 Å². The Morgan fingerprint density at radius 1 is 1.09 bits per heavy atom. The fraction of sp³-hybridized carbons (Fsp3) is 0.481. The van der Waals surface area contributed by atoms with E-state index in [-0.39, 0.29) is 5.91 Å². The molecule has 1 fully saturated rings. The van der Waals surface area contributed by atoms with Crippen molar-refractivity contribution in [3.63, 3.8) is 0 Å². The van der Waals surface area contributed by atoms with Crippen molar-refractivity contribution in [1.29, 1.82) is 0 Å². The van der Waals surface area contributed by atoms with Gasteiger partial charge in [0.1, 0.15) is 5.75 Å². The van der Waals surface area contributed by atoms with Crippen molar-refractivity contribution in [2.45, 2.75) is 70.8 Å². The lowest BCUT2D eigenvalue weighted by molar-refractivity contribution is -0.152. The van der Waals surface area contributed by atoms with Gasteiger partial charge in [-0.3, -0.25) is 4.79 Å². The molecule has 1 N–H and O–H groups in total. The average molecular weight is 438 g/mol. The van der Waals surface area contributed by atoms with Crippen LogP contribution in [0.3, 0.4) is 0 Å². The molecule has 0 radical (unpaired) electrons. The number of carbonyl (C=O) groups is 2. The van der Waals surface area contributed by atoms with Crippen molar-refractivity contribution in [3.05, 3.63) is 65.2 Å². The molecule has 2 aromatic rings. The Hall–Kier alpha value is -2.82. The Labute approximate surface area is 191 Å². The summed E-state index contributed by atoms with van der Waals surface area (Å²) in [7, 11) is 0. The van der Waals surface area contributed by atoms with Crippen LogP contribution in [0.1, 0.15) is 75.5 Å². The highest BCUT2D eigenvalue weighted by atomic mass is 16.5. The van der Waals surface area contributed by atoms with E-state index in [1.54, 1.807) is 0 Å². The molecule has 0 bridgehead atoms. The third-order valence-corrected chi connectivity index (χ3v) is 6.29. The van der Waals surface area contributed by atoms with Crippen molar-refractivity contribution in [2.75, 3.05) is 13.1 Å². The number of nitrogens with zero attached hydrogens (tertiary/aromatic N) is 1. The number of carbonyl (C=O) groups excluding carboxylic acids is 1. The van der Waals surface area contributed by atoms with Crippen molar-refractivity contribution in [1.82, 2.24) is 4.90 Å². The number of aryl methyl sites for hydroxylation is 1. The molecule has 3 rings (SSSR count). The summed E-state index contributed by atoms with van der Waals surface area (Å²) in [5.74, 6) is 0.554. The Morgan fingerprint density at radius 2 is 1.75 bits per heavy atom. The predicted octanol–water partition coefficient (Wildman–Crippen LogP) is 5.39. The van der Waals surface area contributed by atoms with Crippen molar-refractivity contribution in [2.24, 2.45) is 0 Å². The second kappa shape index (κ2) is 10.2. The quantitative estimate of drug-likeness (QED) is 0.601. The van der Waals surface area contributed by atoms with Gasteiger partial charge in [0, 0.05) is 25.4 Å². The number of piperidine rings is 1. The zero-order chi connectivity index (χ0) is 23.3. The molecule has 0 aliphatic carbocycles. The smallest absolute Gasteiger partial charge is 0.347 e. The number of carboxylic acid groups (broad SMARTS) is 1. The standard InChI is InChI=1S/C27H35NO4/c1-19(2)21-10-7-20(8-11-21)9-16-25(29)28-17-5-6-23(18-28)22-12-14-24(15-13-22)32-27(3,4)26(30)31/h7-8,10-15,19,23H,5-6,9,16-18H2,1-4H3,(H,30,31). The molecule has 5 nitrogen and oxygen atoms in total. The number of amides is 1.